The minimum Gasteiger partial charge on any atom is -0.118 e. The summed E-state index contributed by atoms with van der Waals surface area (Å²) in [4.78, 5) is 0. The predicted molar refractivity (Wildman–Crippen MR) is 55.7 cm³/mol. The highest BCUT2D eigenvalue weighted by Gasteiger charge is 2.22. The van der Waals surface area contributed by atoms with Gasteiger partial charge in [-0.25, -0.2) is 0 Å². The first kappa shape index (κ1) is 10.1. The van der Waals surface area contributed by atoms with Gasteiger partial charge in [0.05, 0.1) is 0 Å². The minimum absolute atomic E-state index is 0.414. The zero-order chi connectivity index (χ0) is 9.97. The van der Waals surface area contributed by atoms with Crippen molar-refractivity contribution in [3.63, 3.8) is 0 Å². The van der Waals surface area contributed by atoms with Crippen LogP contribution < -0.4 is 0 Å². The molecule has 0 amide bonds. The van der Waals surface area contributed by atoms with Crippen LogP contribution in [0.15, 0.2) is 0 Å². The Morgan fingerprint density at radius 1 is 0.929 bits per heavy atom. The molecule has 76 valence electrons. The monoisotopic (exact) mass is 231 g/mol. The van der Waals surface area contributed by atoms with Crippen LogP contribution in [0.3, 0.4) is 0 Å². The summed E-state index contributed by atoms with van der Waals surface area (Å²) in [5.41, 5.74) is 0.892. The molecule has 0 spiro atoms. The first-order valence-corrected chi connectivity index (χ1v) is 5.59. The largest absolute Gasteiger partial charge is 0.160 e. The van der Waals surface area contributed by atoms with E-state index in [1.165, 1.54) is 19.3 Å². The van der Waals surface area contributed by atoms with Crippen molar-refractivity contribution in [1.29, 1.82) is 0 Å². The Morgan fingerprint density at radius 2 is 1.50 bits per heavy atom. The molecule has 0 radical (unpaired) electrons. The van der Waals surface area contributed by atoms with E-state index < -0.39 is 0 Å². The topological polar surface area (TPSA) is 38.7 Å². The van der Waals surface area contributed by atoms with E-state index in [4.69, 9.17) is 23.2 Å². The molecule has 0 unspecified atom stereocenters. The molecule has 3 nitrogen and oxygen atoms in total. The molecule has 0 atom stereocenters. The Kier molecular flexibility index (Phi) is 3.19. The Balaban J connectivity index is 2.29. The Hall–Kier alpha value is -0.410. The smallest absolute Gasteiger partial charge is 0.118 e. The molecule has 1 fully saturated rings. The normalized spacial score (nSPS) is 18.4. The van der Waals surface area contributed by atoms with Gasteiger partial charge in [0.15, 0.2) is 10.3 Å². The van der Waals surface area contributed by atoms with Gasteiger partial charge in [0, 0.05) is 5.56 Å². The van der Waals surface area contributed by atoms with Crippen LogP contribution in [-0.4, -0.2) is 15.4 Å². The molecule has 1 aliphatic carbocycles. The van der Waals surface area contributed by atoms with Crippen molar-refractivity contribution in [2.45, 2.75) is 38.0 Å². The van der Waals surface area contributed by atoms with Crippen molar-refractivity contribution >= 4 is 23.2 Å². The van der Waals surface area contributed by atoms with E-state index in [1.807, 2.05) is 0 Å². The van der Waals surface area contributed by atoms with Gasteiger partial charge in [0.2, 0.25) is 0 Å². The summed E-state index contributed by atoms with van der Waals surface area (Å²) < 4.78 is 0. The first-order chi connectivity index (χ1) is 6.79. The lowest BCUT2D eigenvalue weighted by Gasteiger charge is -2.22. The molecule has 1 aromatic rings. The summed E-state index contributed by atoms with van der Waals surface area (Å²) in [5.74, 6) is 0.423. The number of nitrogens with zero attached hydrogens (tertiary/aromatic N) is 3. The average molecular weight is 232 g/mol. The lowest BCUT2D eigenvalue weighted by molar-refractivity contribution is 0.441. The van der Waals surface area contributed by atoms with Crippen LogP contribution in [0.5, 0.6) is 0 Å². The minimum atomic E-state index is 0.414. The summed E-state index contributed by atoms with van der Waals surface area (Å²) in [5, 5.41) is 11.8. The van der Waals surface area contributed by atoms with Gasteiger partial charge < -0.3 is 0 Å². The van der Waals surface area contributed by atoms with Crippen molar-refractivity contribution in [3.8, 4) is 0 Å². The third-order valence-electron chi connectivity index (χ3n) is 2.72. The quantitative estimate of drug-likeness (QED) is 0.746. The SMILES string of the molecule is Clc1nnnc(Cl)c1C1CCCCC1. The molecule has 1 saturated carbocycles. The third-order valence-corrected chi connectivity index (χ3v) is 3.28. The molecular weight excluding hydrogens is 221 g/mol. The maximum absolute atomic E-state index is 5.96. The molecule has 5 heteroatoms. The van der Waals surface area contributed by atoms with E-state index in [0.717, 1.165) is 18.4 Å². The average Bonchev–Trinajstić information content (AvgIpc) is 2.19. The summed E-state index contributed by atoms with van der Waals surface area (Å²) in [7, 11) is 0. The molecule has 1 heterocycles. The Labute approximate surface area is 92.8 Å². The van der Waals surface area contributed by atoms with Crippen molar-refractivity contribution < 1.29 is 0 Å². The molecule has 0 bridgehead atoms. The second kappa shape index (κ2) is 4.41. The zero-order valence-electron chi connectivity index (χ0n) is 7.71. The molecule has 1 aliphatic rings. The van der Waals surface area contributed by atoms with Gasteiger partial charge in [-0.3, -0.25) is 0 Å². The highest BCUT2D eigenvalue weighted by molar-refractivity contribution is 6.34. The van der Waals surface area contributed by atoms with Crippen LogP contribution in [-0.2, 0) is 0 Å². The van der Waals surface area contributed by atoms with Gasteiger partial charge in [-0.15, -0.1) is 10.2 Å². The van der Waals surface area contributed by atoms with Crippen molar-refractivity contribution in [2.75, 3.05) is 0 Å². The summed E-state index contributed by atoms with van der Waals surface area (Å²) in [6.07, 6.45) is 6.04. The van der Waals surface area contributed by atoms with Gasteiger partial charge in [0.1, 0.15) is 0 Å². The van der Waals surface area contributed by atoms with Gasteiger partial charge in [0.25, 0.3) is 0 Å². The number of halogens is 2. The fourth-order valence-electron chi connectivity index (χ4n) is 2.02. The van der Waals surface area contributed by atoms with E-state index in [0.29, 0.717) is 16.2 Å². The second-order valence-electron chi connectivity index (χ2n) is 3.62. The van der Waals surface area contributed by atoms with Gasteiger partial charge in [-0.05, 0) is 24.0 Å². The van der Waals surface area contributed by atoms with E-state index in [2.05, 4.69) is 15.4 Å². The zero-order valence-corrected chi connectivity index (χ0v) is 9.22. The Morgan fingerprint density at radius 3 is 2.07 bits per heavy atom. The van der Waals surface area contributed by atoms with Crippen LogP contribution in [0.2, 0.25) is 10.3 Å². The molecule has 0 aromatic carbocycles. The Bertz CT molecular complexity index is 304. The maximum atomic E-state index is 5.96. The first-order valence-electron chi connectivity index (χ1n) is 4.83. The fourth-order valence-corrected chi connectivity index (χ4v) is 2.63. The molecule has 1 aromatic heterocycles. The van der Waals surface area contributed by atoms with Crippen molar-refractivity contribution in [1.82, 2.24) is 15.4 Å². The number of rotatable bonds is 1. The van der Waals surface area contributed by atoms with E-state index >= 15 is 0 Å². The molecule has 0 aliphatic heterocycles. The molecule has 0 saturated heterocycles. The third kappa shape index (κ3) is 1.98. The highest BCUT2D eigenvalue weighted by Crippen LogP contribution is 2.37. The highest BCUT2D eigenvalue weighted by atomic mass is 35.5. The van der Waals surface area contributed by atoms with E-state index in [9.17, 15) is 0 Å². The molecule has 2 rings (SSSR count). The molecule has 0 N–H and O–H groups in total. The fraction of sp³-hybridized carbons (Fsp3) is 0.667. The van der Waals surface area contributed by atoms with E-state index in [-0.39, 0.29) is 0 Å². The lowest BCUT2D eigenvalue weighted by Crippen LogP contribution is -2.08. The predicted octanol–water partition coefficient (Wildman–Crippen LogP) is 3.23. The summed E-state index contributed by atoms with van der Waals surface area (Å²) in [6.45, 7) is 0. The number of aromatic nitrogens is 3. The summed E-state index contributed by atoms with van der Waals surface area (Å²) in [6, 6.07) is 0. The van der Waals surface area contributed by atoms with Crippen LogP contribution in [0, 0.1) is 0 Å². The number of hydrogen-bond donors (Lipinski definition) is 0. The van der Waals surface area contributed by atoms with Gasteiger partial charge in [-0.1, -0.05) is 42.5 Å². The number of hydrogen-bond acceptors (Lipinski definition) is 3. The molecule has 14 heavy (non-hydrogen) atoms. The standard InChI is InChI=1S/C9H11Cl2N3/c10-8-7(9(11)13-14-12-8)6-4-2-1-3-5-6/h6H,1-5H2. The summed E-state index contributed by atoms with van der Waals surface area (Å²) >= 11 is 11.9. The van der Waals surface area contributed by atoms with Crippen LogP contribution in [0.1, 0.15) is 43.6 Å². The molecular formula is C9H11Cl2N3. The van der Waals surface area contributed by atoms with Crippen LogP contribution in [0.25, 0.3) is 0 Å². The van der Waals surface area contributed by atoms with Crippen LogP contribution in [0.4, 0.5) is 0 Å². The van der Waals surface area contributed by atoms with Gasteiger partial charge in [-0.2, -0.15) is 0 Å². The van der Waals surface area contributed by atoms with Gasteiger partial charge >= 0.3 is 0 Å². The van der Waals surface area contributed by atoms with Crippen LogP contribution >= 0.6 is 23.2 Å². The van der Waals surface area contributed by atoms with E-state index in [1.54, 1.807) is 0 Å². The van der Waals surface area contributed by atoms with Crippen molar-refractivity contribution in [3.05, 3.63) is 15.9 Å². The second-order valence-corrected chi connectivity index (χ2v) is 4.34. The van der Waals surface area contributed by atoms with Crippen molar-refractivity contribution in [2.24, 2.45) is 0 Å². The lowest BCUT2D eigenvalue weighted by atomic mass is 9.85. The maximum Gasteiger partial charge on any atom is 0.160 e.